The predicted octanol–water partition coefficient (Wildman–Crippen LogP) is -1.24. The lowest BCUT2D eigenvalue weighted by Gasteiger charge is -2.63. The van der Waals surface area contributed by atoms with Gasteiger partial charge < -0.3 is 104 Å². The lowest BCUT2D eigenvalue weighted by molar-refractivity contribution is -0.379. The fourth-order valence-electron chi connectivity index (χ4n) is 15.8. The van der Waals surface area contributed by atoms with Gasteiger partial charge in [-0.1, -0.05) is 27.7 Å². The van der Waals surface area contributed by atoms with Gasteiger partial charge in [0.1, 0.15) is 79.4 Å². The molecule has 0 radical (unpaired) electrons. The molecule has 10 rings (SSSR count). The number of fused-ring (bicyclic) bond motifs is 7. The second kappa shape index (κ2) is 20.2. The lowest BCUT2D eigenvalue weighted by Crippen LogP contribution is -2.65. The van der Waals surface area contributed by atoms with Crippen LogP contribution in [0.4, 0.5) is 0 Å². The van der Waals surface area contributed by atoms with Gasteiger partial charge in [-0.3, -0.25) is 0 Å². The highest BCUT2D eigenvalue weighted by atomic mass is 16.8. The second-order valence-corrected chi connectivity index (χ2v) is 23.9. The molecule has 4 saturated carbocycles. The third-order valence-electron chi connectivity index (χ3n) is 20.0. The number of ether oxygens (including phenoxy) is 10. The van der Waals surface area contributed by atoms with Crippen LogP contribution in [0.2, 0.25) is 0 Å². The van der Waals surface area contributed by atoms with E-state index in [4.69, 9.17) is 47.4 Å². The molecule has 71 heavy (non-hydrogen) atoms. The summed E-state index contributed by atoms with van der Waals surface area (Å²) in [5.41, 5.74) is -0.465. The molecule has 0 amide bonds. The van der Waals surface area contributed by atoms with E-state index in [-0.39, 0.29) is 35.7 Å². The molecule has 1 spiro atoms. The summed E-state index contributed by atoms with van der Waals surface area (Å²) in [7, 11) is 0. The molecule has 6 heterocycles. The van der Waals surface area contributed by atoms with Crippen molar-refractivity contribution in [1.82, 2.24) is 0 Å². The van der Waals surface area contributed by atoms with Crippen molar-refractivity contribution in [2.24, 2.45) is 52.3 Å². The minimum Gasteiger partial charge on any atom is -0.394 e. The molecule has 21 heteroatoms. The van der Waals surface area contributed by atoms with E-state index < -0.39 is 153 Å². The number of hydrogen-bond donors (Lipinski definition) is 11. The van der Waals surface area contributed by atoms with Crippen molar-refractivity contribution in [2.45, 2.75) is 240 Å². The second-order valence-electron chi connectivity index (χ2n) is 23.9. The maximum atomic E-state index is 12.0. The minimum atomic E-state index is -1.77. The molecule has 10 fully saturated rings. The summed E-state index contributed by atoms with van der Waals surface area (Å²) in [5, 5.41) is 120. The first-order valence-electron chi connectivity index (χ1n) is 26.5. The van der Waals surface area contributed by atoms with Crippen LogP contribution in [0.15, 0.2) is 0 Å². The van der Waals surface area contributed by atoms with Crippen molar-refractivity contribution >= 4 is 0 Å². The van der Waals surface area contributed by atoms with E-state index in [1.165, 1.54) is 6.92 Å². The average Bonchev–Trinajstić information content (AvgIpc) is 3.79. The first-order valence-corrected chi connectivity index (χ1v) is 26.5. The zero-order valence-electron chi connectivity index (χ0n) is 41.7. The zero-order chi connectivity index (χ0) is 50.8. The van der Waals surface area contributed by atoms with Gasteiger partial charge in [0.2, 0.25) is 0 Å². The molecule has 0 aromatic carbocycles. The Morgan fingerprint density at radius 2 is 1.23 bits per heavy atom. The van der Waals surface area contributed by atoms with E-state index in [2.05, 4.69) is 27.7 Å². The quantitative estimate of drug-likeness (QED) is 0.120. The van der Waals surface area contributed by atoms with Gasteiger partial charge in [-0.15, -0.1) is 0 Å². The molecule has 32 unspecified atom stereocenters. The summed E-state index contributed by atoms with van der Waals surface area (Å²) < 4.78 is 62.8. The van der Waals surface area contributed by atoms with E-state index in [1.54, 1.807) is 6.92 Å². The Kier molecular flexibility index (Phi) is 15.2. The topological polar surface area (TPSA) is 315 Å². The van der Waals surface area contributed by atoms with Crippen molar-refractivity contribution in [3.05, 3.63) is 0 Å². The number of aliphatic hydroxyl groups is 11. The molecule has 11 N–H and O–H groups in total. The van der Waals surface area contributed by atoms with Crippen LogP contribution in [-0.2, 0) is 47.4 Å². The Balaban J connectivity index is 0.881. The fraction of sp³-hybridized carbons (Fsp3) is 1.00. The molecule has 6 aliphatic heterocycles. The van der Waals surface area contributed by atoms with Gasteiger partial charge >= 0.3 is 0 Å². The highest BCUT2D eigenvalue weighted by molar-refractivity contribution is 5.17. The van der Waals surface area contributed by atoms with Crippen molar-refractivity contribution in [1.29, 1.82) is 0 Å². The standard InChI is InChI=1S/C50H82O21/c1-19-9-12-50(63-17-19)20(2)32-29(71-50)15-27-25-8-7-23-13-24(14-31(49(23,6)26(25)10-11-48(27,32)5)68-45-40(60)38(58)36(56)30(16-51)67-45)66-46-41(61)42(34(54)22(4)65-46)69-47-43(35(55)28(52)18-62-47)70-44-39(59)37(57)33(53)21(3)64-44/h19-47,51-61H,7-18H2,1-6H3. The first kappa shape index (κ1) is 53.6. The van der Waals surface area contributed by atoms with Crippen LogP contribution in [0.25, 0.3) is 0 Å². The average molecular weight is 1020 g/mol. The third kappa shape index (κ3) is 9.00. The van der Waals surface area contributed by atoms with E-state index >= 15 is 0 Å². The van der Waals surface area contributed by atoms with Crippen LogP contribution < -0.4 is 0 Å². The Morgan fingerprint density at radius 3 is 1.92 bits per heavy atom. The van der Waals surface area contributed by atoms with Gasteiger partial charge in [0.05, 0.1) is 50.3 Å². The molecule has 32 atom stereocenters. The van der Waals surface area contributed by atoms with Gasteiger partial charge in [0.25, 0.3) is 0 Å². The van der Waals surface area contributed by atoms with E-state index in [1.807, 2.05) is 0 Å². The molecule has 6 saturated heterocycles. The molecule has 408 valence electrons. The van der Waals surface area contributed by atoms with Crippen LogP contribution in [0.5, 0.6) is 0 Å². The zero-order valence-corrected chi connectivity index (χ0v) is 41.7. The van der Waals surface area contributed by atoms with Crippen LogP contribution in [0, 0.1) is 52.3 Å². The predicted molar refractivity (Wildman–Crippen MR) is 241 cm³/mol. The van der Waals surface area contributed by atoms with Gasteiger partial charge in [0, 0.05) is 18.8 Å². The normalized spacial score (nSPS) is 59.5. The Morgan fingerprint density at radius 1 is 0.563 bits per heavy atom. The molecule has 10 aliphatic rings. The largest absolute Gasteiger partial charge is 0.394 e. The van der Waals surface area contributed by atoms with Crippen LogP contribution in [0.3, 0.4) is 0 Å². The Bertz CT molecular complexity index is 1830. The number of aliphatic hydroxyl groups excluding tert-OH is 11. The third-order valence-corrected chi connectivity index (χ3v) is 20.0. The Labute approximate surface area is 414 Å². The minimum absolute atomic E-state index is 0.00989. The first-order chi connectivity index (χ1) is 33.6. The molecule has 0 aromatic heterocycles. The van der Waals surface area contributed by atoms with E-state index in [0.29, 0.717) is 36.7 Å². The summed E-state index contributed by atoms with van der Waals surface area (Å²) in [6, 6.07) is 0. The summed E-state index contributed by atoms with van der Waals surface area (Å²) in [6.45, 7) is 12.0. The smallest absolute Gasteiger partial charge is 0.187 e. The monoisotopic (exact) mass is 1020 g/mol. The van der Waals surface area contributed by atoms with E-state index in [9.17, 15) is 56.2 Å². The molecular weight excluding hydrogens is 937 g/mol. The highest BCUT2D eigenvalue weighted by Crippen LogP contribution is 2.72. The summed E-state index contributed by atoms with van der Waals surface area (Å²) in [5.74, 6) is 1.51. The van der Waals surface area contributed by atoms with E-state index in [0.717, 1.165) is 44.9 Å². The van der Waals surface area contributed by atoms with Crippen LogP contribution in [0.1, 0.15) is 99.3 Å². The van der Waals surface area contributed by atoms with Crippen molar-refractivity contribution in [3.8, 4) is 0 Å². The summed E-state index contributed by atoms with van der Waals surface area (Å²) in [6.07, 6.45) is -21.9. The summed E-state index contributed by atoms with van der Waals surface area (Å²) in [4.78, 5) is 0. The number of hydrogen-bond acceptors (Lipinski definition) is 21. The van der Waals surface area contributed by atoms with Crippen LogP contribution >= 0.6 is 0 Å². The molecular formula is C50H82O21. The van der Waals surface area contributed by atoms with Gasteiger partial charge in [-0.25, -0.2) is 0 Å². The number of rotatable bonds is 9. The fourth-order valence-corrected chi connectivity index (χ4v) is 15.8. The lowest BCUT2D eigenvalue weighted by atomic mass is 9.43. The molecule has 0 aromatic rings. The Hall–Kier alpha value is -0.840. The van der Waals surface area contributed by atoms with Gasteiger partial charge in [-0.2, -0.15) is 0 Å². The maximum Gasteiger partial charge on any atom is 0.187 e. The van der Waals surface area contributed by atoms with Crippen LogP contribution in [-0.4, -0.2) is 217 Å². The SMILES string of the molecule is CC1CCC2(OC1)OC1CC3C4CCC5CC(OC6OC(C)C(O)C(OC7OCC(O)C(O)C7OC7OC(C)C(O)C(O)C7O)C6O)CC(OC6OC(CO)C(O)C(O)C6O)C5(C)C4CCC3(C)C1C2C. The van der Waals surface area contributed by atoms with Gasteiger partial charge in [0.15, 0.2) is 30.9 Å². The van der Waals surface area contributed by atoms with Crippen molar-refractivity contribution in [2.75, 3.05) is 19.8 Å². The summed E-state index contributed by atoms with van der Waals surface area (Å²) >= 11 is 0. The molecule has 21 nitrogen and oxygen atoms in total. The van der Waals surface area contributed by atoms with Gasteiger partial charge in [-0.05, 0) is 105 Å². The highest BCUT2D eigenvalue weighted by Gasteiger charge is 2.70. The van der Waals surface area contributed by atoms with Crippen molar-refractivity contribution in [3.63, 3.8) is 0 Å². The maximum absolute atomic E-state index is 12.0. The molecule has 0 bridgehead atoms. The van der Waals surface area contributed by atoms with Crippen molar-refractivity contribution < 1.29 is 104 Å². The molecule has 4 aliphatic carbocycles.